The largest absolute Gasteiger partial charge is 0.492 e. The molecule has 0 bridgehead atoms. The van der Waals surface area contributed by atoms with E-state index in [9.17, 15) is 18.0 Å². The van der Waals surface area contributed by atoms with Crippen molar-refractivity contribution in [1.82, 2.24) is 0 Å². The van der Waals surface area contributed by atoms with Crippen LogP contribution in [0.2, 0.25) is 0 Å². The van der Waals surface area contributed by atoms with Gasteiger partial charge in [0.2, 0.25) is 0 Å². The van der Waals surface area contributed by atoms with Gasteiger partial charge in [0.15, 0.2) is 11.6 Å². The SMILES string of the molecule is N[C@H]1CCOc2c(C(=O)Nc3ccc(F)c(F)c3)ccc(F)c21. The number of fused-ring (bicyclic) bond motifs is 1. The molecule has 4 nitrogen and oxygen atoms in total. The zero-order valence-electron chi connectivity index (χ0n) is 11.9. The van der Waals surface area contributed by atoms with Crippen molar-refractivity contribution in [2.45, 2.75) is 12.5 Å². The number of benzene rings is 2. The monoisotopic (exact) mass is 322 g/mol. The van der Waals surface area contributed by atoms with Crippen LogP contribution in [-0.4, -0.2) is 12.5 Å². The summed E-state index contributed by atoms with van der Waals surface area (Å²) < 4.78 is 45.4. The maximum atomic E-state index is 13.9. The van der Waals surface area contributed by atoms with Crippen molar-refractivity contribution in [3.05, 3.63) is 58.9 Å². The summed E-state index contributed by atoms with van der Waals surface area (Å²) in [6.45, 7) is 0.267. The first-order valence-corrected chi connectivity index (χ1v) is 6.94. The lowest BCUT2D eigenvalue weighted by Gasteiger charge is -2.25. The highest BCUT2D eigenvalue weighted by Gasteiger charge is 2.27. The van der Waals surface area contributed by atoms with Gasteiger partial charge in [-0.25, -0.2) is 13.2 Å². The fourth-order valence-corrected chi connectivity index (χ4v) is 2.46. The van der Waals surface area contributed by atoms with Gasteiger partial charge in [0.25, 0.3) is 5.91 Å². The molecule has 0 aliphatic carbocycles. The van der Waals surface area contributed by atoms with E-state index in [0.717, 1.165) is 18.2 Å². The molecule has 1 aliphatic rings. The summed E-state index contributed by atoms with van der Waals surface area (Å²) in [4.78, 5) is 12.3. The Hall–Kier alpha value is -2.54. The number of nitrogens with one attached hydrogen (secondary N) is 1. The molecule has 0 saturated carbocycles. The third-order valence-electron chi connectivity index (χ3n) is 3.61. The topological polar surface area (TPSA) is 64.3 Å². The van der Waals surface area contributed by atoms with Crippen molar-refractivity contribution in [1.29, 1.82) is 0 Å². The minimum atomic E-state index is -1.08. The fraction of sp³-hybridized carbons (Fsp3) is 0.188. The first-order valence-electron chi connectivity index (χ1n) is 6.94. The second kappa shape index (κ2) is 5.92. The number of carbonyl (C=O) groups excluding carboxylic acids is 1. The minimum absolute atomic E-state index is 0.0760. The Labute approximate surface area is 130 Å². The van der Waals surface area contributed by atoms with Crippen LogP contribution < -0.4 is 15.8 Å². The van der Waals surface area contributed by atoms with Crippen LogP contribution in [0.3, 0.4) is 0 Å². The normalized spacial score (nSPS) is 16.4. The summed E-state index contributed by atoms with van der Waals surface area (Å²) in [6.07, 6.45) is 0.443. The van der Waals surface area contributed by atoms with Gasteiger partial charge < -0.3 is 15.8 Å². The number of hydrogen-bond donors (Lipinski definition) is 2. The molecule has 0 saturated heterocycles. The molecule has 0 unspecified atom stereocenters. The predicted octanol–water partition coefficient (Wildman–Crippen LogP) is 3.14. The molecular formula is C16H13F3N2O2. The lowest BCUT2D eigenvalue weighted by Crippen LogP contribution is -2.25. The Balaban J connectivity index is 1.94. The summed E-state index contributed by atoms with van der Waals surface area (Å²) >= 11 is 0. The van der Waals surface area contributed by atoms with E-state index in [1.54, 1.807) is 0 Å². The summed E-state index contributed by atoms with van der Waals surface area (Å²) in [5.41, 5.74) is 6.17. The average Bonchev–Trinajstić information content (AvgIpc) is 2.51. The van der Waals surface area contributed by atoms with Crippen LogP contribution >= 0.6 is 0 Å². The summed E-state index contributed by atoms with van der Waals surface area (Å²) in [5, 5.41) is 2.42. The first kappa shape index (κ1) is 15.4. The van der Waals surface area contributed by atoms with Gasteiger partial charge in [-0.1, -0.05) is 0 Å². The molecule has 7 heteroatoms. The van der Waals surface area contributed by atoms with Crippen molar-refractivity contribution in [2.24, 2.45) is 5.73 Å². The number of anilines is 1. The van der Waals surface area contributed by atoms with E-state index >= 15 is 0 Å². The van der Waals surface area contributed by atoms with Crippen LogP contribution in [0, 0.1) is 17.5 Å². The van der Waals surface area contributed by atoms with Crippen LogP contribution in [0.4, 0.5) is 18.9 Å². The Kier molecular flexibility index (Phi) is 3.96. The van der Waals surface area contributed by atoms with Gasteiger partial charge in [0.1, 0.15) is 11.6 Å². The third-order valence-corrected chi connectivity index (χ3v) is 3.61. The van der Waals surface area contributed by atoms with Crippen LogP contribution in [0.25, 0.3) is 0 Å². The van der Waals surface area contributed by atoms with Crippen LogP contribution in [0.1, 0.15) is 28.4 Å². The van der Waals surface area contributed by atoms with E-state index in [1.807, 2.05) is 0 Å². The Morgan fingerprint density at radius 2 is 1.87 bits per heavy atom. The molecule has 2 aromatic carbocycles. The third kappa shape index (κ3) is 2.87. The summed E-state index contributed by atoms with van der Waals surface area (Å²) in [7, 11) is 0. The highest BCUT2D eigenvalue weighted by Crippen LogP contribution is 2.36. The van der Waals surface area contributed by atoms with E-state index in [-0.39, 0.29) is 29.2 Å². The molecule has 23 heavy (non-hydrogen) atoms. The van der Waals surface area contributed by atoms with Crippen molar-refractivity contribution < 1.29 is 22.7 Å². The van der Waals surface area contributed by atoms with Gasteiger partial charge in [0, 0.05) is 29.8 Å². The standard InChI is InChI=1S/C16H13F3N2O2/c17-10-3-1-8(7-12(10)19)21-16(22)9-2-4-11(18)14-13(20)5-6-23-15(9)14/h1-4,7,13H,5-6,20H2,(H,21,22)/t13-/m0/s1. The predicted molar refractivity (Wildman–Crippen MR) is 77.8 cm³/mol. The van der Waals surface area contributed by atoms with Crippen LogP contribution in [-0.2, 0) is 0 Å². The first-order chi connectivity index (χ1) is 11.0. The van der Waals surface area contributed by atoms with Crippen LogP contribution in [0.5, 0.6) is 5.75 Å². The maximum Gasteiger partial charge on any atom is 0.259 e. The smallest absolute Gasteiger partial charge is 0.259 e. The number of halogens is 3. The highest BCUT2D eigenvalue weighted by molar-refractivity contribution is 6.06. The molecule has 0 radical (unpaired) electrons. The highest BCUT2D eigenvalue weighted by atomic mass is 19.2. The Bertz CT molecular complexity index is 780. The zero-order valence-corrected chi connectivity index (χ0v) is 11.9. The molecule has 3 rings (SSSR count). The van der Waals surface area contributed by atoms with E-state index in [1.165, 1.54) is 12.1 Å². The molecular weight excluding hydrogens is 309 g/mol. The molecule has 120 valence electrons. The molecule has 1 atom stereocenters. The van der Waals surface area contributed by atoms with E-state index < -0.39 is 29.4 Å². The minimum Gasteiger partial charge on any atom is -0.492 e. The molecule has 1 amide bonds. The van der Waals surface area contributed by atoms with Gasteiger partial charge in [-0.05, 0) is 24.3 Å². The summed E-state index contributed by atoms with van der Waals surface area (Å²) in [6, 6.07) is 4.82. The maximum absolute atomic E-state index is 13.9. The number of hydrogen-bond acceptors (Lipinski definition) is 3. The second-order valence-electron chi connectivity index (χ2n) is 5.16. The van der Waals surface area contributed by atoms with Gasteiger partial charge in [-0.2, -0.15) is 0 Å². The molecule has 0 spiro atoms. The van der Waals surface area contributed by atoms with Gasteiger partial charge >= 0.3 is 0 Å². The lowest BCUT2D eigenvalue weighted by molar-refractivity contribution is 0.102. The number of ether oxygens (including phenoxy) is 1. The van der Waals surface area contributed by atoms with Crippen LogP contribution in [0.15, 0.2) is 30.3 Å². The molecule has 1 heterocycles. The number of carbonyl (C=O) groups is 1. The zero-order chi connectivity index (χ0) is 16.6. The van der Waals surface area contributed by atoms with E-state index in [4.69, 9.17) is 10.5 Å². The molecule has 0 fully saturated rings. The molecule has 3 N–H and O–H groups in total. The Morgan fingerprint density at radius 1 is 1.13 bits per heavy atom. The van der Waals surface area contributed by atoms with Gasteiger partial charge in [-0.15, -0.1) is 0 Å². The van der Waals surface area contributed by atoms with Crippen molar-refractivity contribution in [3.8, 4) is 5.75 Å². The lowest BCUT2D eigenvalue weighted by atomic mass is 9.97. The van der Waals surface area contributed by atoms with Crippen molar-refractivity contribution >= 4 is 11.6 Å². The summed E-state index contributed by atoms with van der Waals surface area (Å²) in [5.74, 6) is -3.18. The number of amides is 1. The number of rotatable bonds is 2. The van der Waals surface area contributed by atoms with E-state index in [0.29, 0.717) is 6.42 Å². The molecule has 2 aromatic rings. The molecule has 1 aliphatic heterocycles. The van der Waals surface area contributed by atoms with Gasteiger partial charge in [-0.3, -0.25) is 4.79 Å². The quantitative estimate of drug-likeness (QED) is 0.893. The van der Waals surface area contributed by atoms with E-state index in [2.05, 4.69) is 5.32 Å². The fourth-order valence-electron chi connectivity index (χ4n) is 2.46. The molecule has 0 aromatic heterocycles. The average molecular weight is 322 g/mol. The number of nitrogens with two attached hydrogens (primary N) is 1. The van der Waals surface area contributed by atoms with Crippen molar-refractivity contribution in [2.75, 3.05) is 11.9 Å². The Morgan fingerprint density at radius 3 is 2.61 bits per heavy atom. The second-order valence-corrected chi connectivity index (χ2v) is 5.16. The van der Waals surface area contributed by atoms with Crippen molar-refractivity contribution in [3.63, 3.8) is 0 Å². The van der Waals surface area contributed by atoms with Gasteiger partial charge in [0.05, 0.1) is 12.2 Å².